The summed E-state index contributed by atoms with van der Waals surface area (Å²) in [6.07, 6.45) is 0.810. The molecule has 0 unspecified atom stereocenters. The van der Waals surface area contributed by atoms with Gasteiger partial charge in [-0.05, 0) is 31.5 Å². The van der Waals surface area contributed by atoms with Crippen molar-refractivity contribution in [3.05, 3.63) is 63.5 Å². The van der Waals surface area contributed by atoms with Gasteiger partial charge in [0.2, 0.25) is 16.8 Å². The maximum atomic E-state index is 12.2. The van der Waals surface area contributed by atoms with Gasteiger partial charge in [0.1, 0.15) is 5.75 Å². The van der Waals surface area contributed by atoms with Gasteiger partial charge in [0.25, 0.3) is 0 Å². The van der Waals surface area contributed by atoms with Gasteiger partial charge in [0.05, 0.1) is 17.3 Å². The van der Waals surface area contributed by atoms with Crippen LogP contribution in [-0.2, 0) is 4.79 Å². The summed E-state index contributed by atoms with van der Waals surface area (Å²) in [5, 5.41) is 10.2. The molecule has 6 nitrogen and oxygen atoms in total. The first-order valence-corrected chi connectivity index (χ1v) is 10.9. The maximum absolute atomic E-state index is 12.2. The van der Waals surface area contributed by atoms with E-state index in [4.69, 9.17) is 27.9 Å². The number of aryl methyl sites for hydroxylation is 1. The van der Waals surface area contributed by atoms with Crippen molar-refractivity contribution in [2.75, 3.05) is 11.9 Å². The molecule has 2 aromatic carbocycles. The van der Waals surface area contributed by atoms with Crippen LogP contribution in [0, 0.1) is 6.92 Å². The molecule has 2 aromatic heterocycles. The number of hydrogen-bond donors (Lipinski definition) is 1. The van der Waals surface area contributed by atoms with Gasteiger partial charge in [-0.2, -0.15) is 4.98 Å². The number of aromatic nitrogens is 3. The van der Waals surface area contributed by atoms with E-state index in [1.807, 2.05) is 24.4 Å². The number of nitrogens with zero attached hydrogens (tertiary/aromatic N) is 3. The van der Waals surface area contributed by atoms with Crippen molar-refractivity contribution in [1.29, 1.82) is 0 Å². The average molecular weight is 461 g/mol. The zero-order valence-electron chi connectivity index (χ0n) is 16.1. The number of benzene rings is 2. The molecule has 1 N–H and O–H groups in total. The molecule has 0 saturated carbocycles. The number of thiazole rings is 1. The first-order chi connectivity index (χ1) is 14.5. The van der Waals surface area contributed by atoms with Crippen LogP contribution in [0.4, 0.5) is 5.95 Å². The summed E-state index contributed by atoms with van der Waals surface area (Å²) in [6.45, 7) is 2.41. The molecule has 0 aliphatic heterocycles. The fourth-order valence-corrected chi connectivity index (χ4v) is 4.15. The second-order valence-electron chi connectivity index (χ2n) is 6.69. The Balaban J connectivity index is 1.32. The Hall–Kier alpha value is -2.61. The van der Waals surface area contributed by atoms with Crippen molar-refractivity contribution in [1.82, 2.24) is 14.6 Å². The van der Waals surface area contributed by atoms with Gasteiger partial charge >= 0.3 is 0 Å². The molecule has 9 heteroatoms. The number of fused-ring (bicyclic) bond motifs is 1. The van der Waals surface area contributed by atoms with Crippen LogP contribution in [0.2, 0.25) is 10.0 Å². The summed E-state index contributed by atoms with van der Waals surface area (Å²) in [4.78, 5) is 17.3. The van der Waals surface area contributed by atoms with Crippen molar-refractivity contribution in [3.8, 4) is 17.0 Å². The van der Waals surface area contributed by atoms with Crippen molar-refractivity contribution < 1.29 is 9.53 Å². The Morgan fingerprint density at radius 1 is 1.20 bits per heavy atom. The Kier molecular flexibility index (Phi) is 6.22. The predicted molar refractivity (Wildman–Crippen MR) is 121 cm³/mol. The summed E-state index contributed by atoms with van der Waals surface area (Å²) < 4.78 is 7.34. The standard InChI is InChI=1S/C21H18Cl2N4O2S/c1-13-4-6-14(7-5-13)17-12-30-21-25-20(26-27(17)21)24-19(28)3-2-10-29-18-9-8-15(22)11-16(18)23/h4-9,11-12H,2-3,10H2,1H3,(H,24,26,28). The van der Waals surface area contributed by atoms with Gasteiger partial charge in [-0.3, -0.25) is 10.1 Å². The zero-order valence-corrected chi connectivity index (χ0v) is 18.4. The lowest BCUT2D eigenvalue weighted by Gasteiger charge is -2.07. The van der Waals surface area contributed by atoms with E-state index in [1.165, 1.54) is 16.9 Å². The lowest BCUT2D eigenvalue weighted by molar-refractivity contribution is -0.116. The molecule has 0 fully saturated rings. The van der Waals surface area contributed by atoms with Crippen LogP contribution < -0.4 is 10.1 Å². The molecular formula is C21H18Cl2N4O2S. The van der Waals surface area contributed by atoms with E-state index >= 15 is 0 Å². The Morgan fingerprint density at radius 2 is 2.00 bits per heavy atom. The highest BCUT2D eigenvalue weighted by Gasteiger charge is 2.13. The smallest absolute Gasteiger partial charge is 0.250 e. The van der Waals surface area contributed by atoms with Crippen LogP contribution in [0.1, 0.15) is 18.4 Å². The van der Waals surface area contributed by atoms with E-state index < -0.39 is 0 Å². The van der Waals surface area contributed by atoms with Crippen molar-refractivity contribution in [2.24, 2.45) is 0 Å². The lowest BCUT2D eigenvalue weighted by atomic mass is 10.1. The second-order valence-corrected chi connectivity index (χ2v) is 8.37. The van der Waals surface area contributed by atoms with Crippen molar-refractivity contribution >= 4 is 51.4 Å². The average Bonchev–Trinajstić information content (AvgIpc) is 3.27. The molecule has 30 heavy (non-hydrogen) atoms. The topological polar surface area (TPSA) is 68.5 Å². The first kappa shape index (κ1) is 20.7. The molecule has 0 saturated heterocycles. The van der Waals surface area contributed by atoms with Crippen molar-refractivity contribution in [3.63, 3.8) is 0 Å². The number of nitrogens with one attached hydrogen (secondary N) is 1. The van der Waals surface area contributed by atoms with E-state index in [2.05, 4.69) is 27.5 Å². The van der Waals surface area contributed by atoms with Crippen LogP contribution in [0.5, 0.6) is 5.75 Å². The van der Waals surface area contributed by atoms with Crippen molar-refractivity contribution in [2.45, 2.75) is 19.8 Å². The normalized spacial score (nSPS) is 11.0. The quantitative estimate of drug-likeness (QED) is 0.350. The number of rotatable bonds is 7. The highest BCUT2D eigenvalue weighted by Crippen LogP contribution is 2.28. The number of carbonyl (C=O) groups excluding carboxylic acids is 1. The van der Waals surface area contributed by atoms with E-state index in [-0.39, 0.29) is 12.3 Å². The SMILES string of the molecule is Cc1ccc(-c2csc3nc(NC(=O)CCCOc4ccc(Cl)cc4Cl)nn23)cc1. The molecular weight excluding hydrogens is 443 g/mol. The number of carbonyl (C=O) groups is 1. The molecule has 0 bridgehead atoms. The molecule has 0 radical (unpaired) electrons. The molecule has 4 rings (SSSR count). The molecule has 1 amide bonds. The van der Waals surface area contributed by atoms with Gasteiger partial charge < -0.3 is 4.74 Å². The van der Waals surface area contributed by atoms with Crippen LogP contribution in [0.15, 0.2) is 47.8 Å². The summed E-state index contributed by atoms with van der Waals surface area (Å²) in [5.74, 6) is 0.666. The van der Waals surface area contributed by atoms with Gasteiger partial charge in [-0.15, -0.1) is 16.4 Å². The van der Waals surface area contributed by atoms with Gasteiger partial charge in [-0.25, -0.2) is 4.52 Å². The molecule has 0 spiro atoms. The largest absolute Gasteiger partial charge is 0.492 e. The third-order valence-corrected chi connectivity index (χ3v) is 5.73. The fraction of sp³-hybridized carbons (Fsp3) is 0.190. The summed E-state index contributed by atoms with van der Waals surface area (Å²) >= 11 is 13.4. The molecule has 4 aromatic rings. The first-order valence-electron chi connectivity index (χ1n) is 9.28. The lowest BCUT2D eigenvalue weighted by Crippen LogP contribution is -2.14. The molecule has 0 aliphatic carbocycles. The van der Waals surface area contributed by atoms with E-state index in [9.17, 15) is 4.79 Å². The summed E-state index contributed by atoms with van der Waals surface area (Å²) in [6, 6.07) is 13.2. The molecule has 2 heterocycles. The molecule has 0 aliphatic rings. The number of ether oxygens (including phenoxy) is 1. The Bertz CT molecular complexity index is 1190. The van der Waals surface area contributed by atoms with E-state index in [0.29, 0.717) is 34.8 Å². The number of anilines is 1. The Labute approximate surface area is 187 Å². The third-order valence-electron chi connectivity index (χ3n) is 4.38. The highest BCUT2D eigenvalue weighted by atomic mass is 35.5. The number of amides is 1. The molecule has 0 atom stereocenters. The summed E-state index contributed by atoms with van der Waals surface area (Å²) in [7, 11) is 0. The Morgan fingerprint density at radius 3 is 2.77 bits per heavy atom. The van der Waals surface area contributed by atoms with Crippen LogP contribution in [0.25, 0.3) is 16.2 Å². The monoisotopic (exact) mass is 460 g/mol. The predicted octanol–water partition coefficient (Wildman–Crippen LogP) is 5.87. The minimum atomic E-state index is -0.170. The van der Waals surface area contributed by atoms with Crippen LogP contribution >= 0.6 is 34.5 Å². The van der Waals surface area contributed by atoms with Gasteiger partial charge in [0.15, 0.2) is 0 Å². The maximum Gasteiger partial charge on any atom is 0.250 e. The zero-order chi connectivity index (χ0) is 21.1. The fourth-order valence-electron chi connectivity index (χ4n) is 2.85. The minimum absolute atomic E-state index is 0.170. The summed E-state index contributed by atoms with van der Waals surface area (Å²) in [5.41, 5.74) is 3.18. The van der Waals surface area contributed by atoms with Gasteiger partial charge in [-0.1, -0.05) is 53.0 Å². The van der Waals surface area contributed by atoms with E-state index in [0.717, 1.165) is 16.2 Å². The van der Waals surface area contributed by atoms with E-state index in [1.54, 1.807) is 22.7 Å². The van der Waals surface area contributed by atoms with Crippen LogP contribution in [0.3, 0.4) is 0 Å². The van der Waals surface area contributed by atoms with Gasteiger partial charge in [0, 0.05) is 22.4 Å². The second kappa shape index (κ2) is 9.04. The molecule has 154 valence electrons. The number of halogens is 2. The number of hydrogen-bond acceptors (Lipinski definition) is 5. The van der Waals surface area contributed by atoms with Crippen LogP contribution in [-0.4, -0.2) is 27.1 Å². The minimum Gasteiger partial charge on any atom is -0.492 e. The highest BCUT2D eigenvalue weighted by molar-refractivity contribution is 7.15. The third kappa shape index (κ3) is 4.75.